The highest BCUT2D eigenvalue weighted by Gasteiger charge is 2.18. The molecule has 3 unspecified atom stereocenters. The van der Waals surface area contributed by atoms with Gasteiger partial charge >= 0.3 is 11.9 Å². The maximum Gasteiger partial charge on any atom is 0.308 e. The van der Waals surface area contributed by atoms with Crippen molar-refractivity contribution in [3.05, 3.63) is 0 Å². The van der Waals surface area contributed by atoms with Crippen LogP contribution in [0.1, 0.15) is 79.1 Å². The molecular weight excluding hydrogens is 320 g/mol. The Morgan fingerprint density at radius 2 is 1.44 bits per heavy atom. The van der Waals surface area contributed by atoms with Crippen LogP contribution in [0.25, 0.3) is 0 Å². The number of unbranched alkanes of at least 4 members (excludes halogenated alkanes) is 3. The van der Waals surface area contributed by atoms with Gasteiger partial charge in [-0.15, -0.1) is 0 Å². The number of rotatable bonds is 15. The first-order valence-corrected chi connectivity index (χ1v) is 9.82. The van der Waals surface area contributed by atoms with Gasteiger partial charge in [-0.05, 0) is 12.8 Å². The fraction of sp³-hybridized carbons (Fsp3) is 0.900. The van der Waals surface area contributed by atoms with Gasteiger partial charge in [0.25, 0.3) is 0 Å². The molecule has 0 bridgehead atoms. The molecule has 0 aromatic carbocycles. The Labute approximate surface area is 153 Å². The summed E-state index contributed by atoms with van der Waals surface area (Å²) in [5, 5.41) is 0. The Balaban J connectivity index is 3.94. The number of hydrogen-bond donors (Lipinski definition) is 0. The number of methoxy groups -OCH3 is 1. The minimum Gasteiger partial charge on any atom is -0.465 e. The van der Waals surface area contributed by atoms with Crippen molar-refractivity contribution in [2.24, 2.45) is 11.8 Å². The third kappa shape index (κ3) is 12.0. The van der Waals surface area contributed by atoms with Crippen LogP contribution in [-0.2, 0) is 23.8 Å². The Bertz CT molecular complexity index is 356. The molecular formula is C20H38O5. The number of hydrogen-bond acceptors (Lipinski definition) is 5. The zero-order chi connectivity index (χ0) is 19.1. The molecule has 0 fully saturated rings. The van der Waals surface area contributed by atoms with Crippen LogP contribution in [0.4, 0.5) is 0 Å². The van der Waals surface area contributed by atoms with Gasteiger partial charge < -0.3 is 14.2 Å². The van der Waals surface area contributed by atoms with Gasteiger partial charge in [-0.25, -0.2) is 0 Å². The third-order valence-corrected chi connectivity index (χ3v) is 4.45. The van der Waals surface area contributed by atoms with Gasteiger partial charge in [0.1, 0.15) is 6.61 Å². The maximum atomic E-state index is 12.0. The van der Waals surface area contributed by atoms with Crippen LogP contribution in [0, 0.1) is 11.8 Å². The van der Waals surface area contributed by atoms with Gasteiger partial charge in [0.05, 0.1) is 24.5 Å². The fourth-order valence-corrected chi connectivity index (χ4v) is 2.57. The van der Waals surface area contributed by atoms with Crippen molar-refractivity contribution >= 4 is 11.9 Å². The van der Waals surface area contributed by atoms with E-state index in [4.69, 9.17) is 14.2 Å². The first-order chi connectivity index (χ1) is 12.0. The third-order valence-electron chi connectivity index (χ3n) is 4.45. The highest BCUT2D eigenvalue weighted by molar-refractivity contribution is 5.72. The van der Waals surface area contributed by atoms with E-state index in [0.29, 0.717) is 13.0 Å². The highest BCUT2D eigenvalue weighted by atomic mass is 16.6. The van der Waals surface area contributed by atoms with Crippen LogP contribution in [0.3, 0.4) is 0 Å². The molecule has 0 aromatic rings. The standard InChI is InChI=1S/C20H38O5/c1-6-8-9-10-12-17(4)19(21)24-14-13-18(23-5)15-25-20(22)16(3)11-7-2/h16-18H,6-15H2,1-5H3. The molecule has 0 rings (SSSR count). The van der Waals surface area contributed by atoms with Gasteiger partial charge in [0.2, 0.25) is 0 Å². The van der Waals surface area contributed by atoms with E-state index >= 15 is 0 Å². The van der Waals surface area contributed by atoms with Crippen molar-refractivity contribution in [2.45, 2.75) is 85.2 Å². The maximum absolute atomic E-state index is 12.0. The van der Waals surface area contributed by atoms with Gasteiger partial charge in [-0.1, -0.05) is 59.8 Å². The smallest absolute Gasteiger partial charge is 0.308 e. The Morgan fingerprint density at radius 1 is 0.800 bits per heavy atom. The summed E-state index contributed by atoms with van der Waals surface area (Å²) in [4.78, 5) is 23.8. The van der Waals surface area contributed by atoms with Crippen LogP contribution in [-0.4, -0.2) is 38.4 Å². The van der Waals surface area contributed by atoms with Gasteiger partial charge in [0, 0.05) is 13.5 Å². The van der Waals surface area contributed by atoms with E-state index in [1.807, 2.05) is 20.8 Å². The zero-order valence-corrected chi connectivity index (χ0v) is 16.8. The van der Waals surface area contributed by atoms with Crippen molar-refractivity contribution in [2.75, 3.05) is 20.3 Å². The summed E-state index contributed by atoms with van der Waals surface area (Å²) in [5.41, 5.74) is 0. The van der Waals surface area contributed by atoms with Gasteiger partial charge in [-0.2, -0.15) is 0 Å². The molecule has 5 heteroatoms. The van der Waals surface area contributed by atoms with Crippen LogP contribution >= 0.6 is 0 Å². The topological polar surface area (TPSA) is 61.8 Å². The van der Waals surface area contributed by atoms with Crippen LogP contribution < -0.4 is 0 Å². The SMILES string of the molecule is CCCCCCC(C)C(=O)OCCC(COC(=O)C(C)CCC)OC. The lowest BCUT2D eigenvalue weighted by atomic mass is 10.0. The van der Waals surface area contributed by atoms with Crippen molar-refractivity contribution < 1.29 is 23.8 Å². The van der Waals surface area contributed by atoms with Crippen LogP contribution in [0.5, 0.6) is 0 Å². The van der Waals surface area contributed by atoms with E-state index in [2.05, 4.69) is 6.92 Å². The highest BCUT2D eigenvalue weighted by Crippen LogP contribution is 2.13. The Kier molecular flexibility index (Phi) is 14.5. The molecule has 0 radical (unpaired) electrons. The molecule has 5 nitrogen and oxygen atoms in total. The molecule has 0 saturated carbocycles. The van der Waals surface area contributed by atoms with E-state index in [-0.39, 0.29) is 36.5 Å². The first-order valence-electron chi connectivity index (χ1n) is 9.82. The molecule has 0 N–H and O–H groups in total. The molecule has 25 heavy (non-hydrogen) atoms. The van der Waals surface area contributed by atoms with E-state index in [1.165, 1.54) is 19.3 Å². The van der Waals surface area contributed by atoms with Crippen molar-refractivity contribution in [1.82, 2.24) is 0 Å². The average Bonchev–Trinajstić information content (AvgIpc) is 2.61. The molecule has 0 aliphatic heterocycles. The monoisotopic (exact) mass is 358 g/mol. The lowest BCUT2D eigenvalue weighted by Gasteiger charge is -2.18. The van der Waals surface area contributed by atoms with E-state index < -0.39 is 0 Å². The molecule has 3 atom stereocenters. The number of esters is 2. The summed E-state index contributed by atoms with van der Waals surface area (Å²) in [6.07, 6.45) is 7.58. The van der Waals surface area contributed by atoms with Gasteiger partial charge in [-0.3, -0.25) is 9.59 Å². The summed E-state index contributed by atoms with van der Waals surface area (Å²) < 4.78 is 15.9. The Hall–Kier alpha value is -1.10. The van der Waals surface area contributed by atoms with Gasteiger partial charge in [0.15, 0.2) is 0 Å². The number of ether oxygens (including phenoxy) is 3. The minimum absolute atomic E-state index is 0.0643. The number of carbonyl (C=O) groups excluding carboxylic acids is 2. The quantitative estimate of drug-likeness (QED) is 0.318. The molecule has 0 spiro atoms. The second-order valence-corrected chi connectivity index (χ2v) is 6.88. The van der Waals surface area contributed by atoms with E-state index in [0.717, 1.165) is 25.7 Å². The van der Waals surface area contributed by atoms with Crippen molar-refractivity contribution in [3.8, 4) is 0 Å². The zero-order valence-electron chi connectivity index (χ0n) is 16.8. The molecule has 0 aliphatic rings. The second kappa shape index (κ2) is 15.2. The Morgan fingerprint density at radius 3 is 2.04 bits per heavy atom. The van der Waals surface area contributed by atoms with Crippen molar-refractivity contribution in [3.63, 3.8) is 0 Å². The average molecular weight is 359 g/mol. The summed E-state index contributed by atoms with van der Waals surface area (Å²) in [5.74, 6) is -0.499. The lowest BCUT2D eigenvalue weighted by molar-refractivity contribution is -0.154. The van der Waals surface area contributed by atoms with Crippen LogP contribution in [0.15, 0.2) is 0 Å². The summed E-state index contributed by atoms with van der Waals surface area (Å²) in [6.45, 7) is 8.50. The molecule has 0 aromatic heterocycles. The number of carbonyl (C=O) groups is 2. The predicted molar refractivity (Wildman–Crippen MR) is 99.3 cm³/mol. The van der Waals surface area contributed by atoms with E-state index in [9.17, 15) is 9.59 Å². The molecule has 0 amide bonds. The minimum atomic E-state index is -0.245. The fourth-order valence-electron chi connectivity index (χ4n) is 2.57. The largest absolute Gasteiger partial charge is 0.465 e. The normalized spacial score (nSPS) is 14.6. The van der Waals surface area contributed by atoms with Crippen molar-refractivity contribution in [1.29, 1.82) is 0 Å². The molecule has 0 aliphatic carbocycles. The van der Waals surface area contributed by atoms with E-state index in [1.54, 1.807) is 7.11 Å². The first kappa shape index (κ1) is 23.9. The molecule has 0 heterocycles. The second-order valence-electron chi connectivity index (χ2n) is 6.88. The summed E-state index contributed by atoms with van der Waals surface area (Å²) in [7, 11) is 1.58. The summed E-state index contributed by atoms with van der Waals surface area (Å²) >= 11 is 0. The lowest BCUT2D eigenvalue weighted by Crippen LogP contribution is -2.26. The molecule has 0 saturated heterocycles. The predicted octanol–water partition coefficient (Wildman–Crippen LogP) is 4.52. The molecule has 148 valence electrons. The summed E-state index contributed by atoms with van der Waals surface area (Å²) in [6, 6.07) is 0. The van der Waals surface area contributed by atoms with Crippen LogP contribution in [0.2, 0.25) is 0 Å².